The van der Waals surface area contributed by atoms with Gasteiger partial charge in [-0.15, -0.1) is 0 Å². The average molecular weight is 435 g/mol. The predicted octanol–water partition coefficient (Wildman–Crippen LogP) is 5.45. The Kier molecular flexibility index (Phi) is 4.88. The summed E-state index contributed by atoms with van der Waals surface area (Å²) in [5.74, 6) is -0.264. The number of Topliss-reactive ketones (excluding diaryl/α,β-unsaturated/α-hetero) is 1. The third kappa shape index (κ3) is 3.60. The third-order valence-corrected chi connectivity index (χ3v) is 6.33. The first-order valence-electron chi connectivity index (χ1n) is 10.6. The molecular weight excluding hydrogens is 413 g/mol. The summed E-state index contributed by atoms with van der Waals surface area (Å²) in [6, 6.07) is 15.2. The molecule has 0 amide bonds. The van der Waals surface area contributed by atoms with Crippen LogP contribution < -0.4 is 4.57 Å². The fourth-order valence-electron chi connectivity index (χ4n) is 4.66. The summed E-state index contributed by atoms with van der Waals surface area (Å²) in [5.41, 5.74) is 3.48. The molecule has 1 atom stereocenters. The molecule has 6 heteroatoms. The van der Waals surface area contributed by atoms with Gasteiger partial charge in [0.05, 0.1) is 5.56 Å². The van der Waals surface area contributed by atoms with Crippen LogP contribution in [0.1, 0.15) is 45.1 Å². The summed E-state index contributed by atoms with van der Waals surface area (Å²) < 4.78 is 43.4. The molecule has 1 aliphatic carbocycles. The second kappa shape index (κ2) is 7.62. The summed E-state index contributed by atoms with van der Waals surface area (Å²) in [6.45, 7) is 0. The van der Waals surface area contributed by atoms with Gasteiger partial charge in [-0.1, -0.05) is 36.4 Å². The van der Waals surface area contributed by atoms with Gasteiger partial charge in [0.2, 0.25) is 11.8 Å². The molecule has 0 spiro atoms. The van der Waals surface area contributed by atoms with Crippen LogP contribution in [-0.4, -0.2) is 10.4 Å². The number of ketones is 1. The maximum atomic E-state index is 13.2. The lowest BCUT2D eigenvalue weighted by Gasteiger charge is -2.21. The normalized spacial score (nSPS) is 16.4. The molecule has 2 aromatic heterocycles. The Hall–Kier alpha value is -3.41. The zero-order chi connectivity index (χ0) is 22.5. The van der Waals surface area contributed by atoms with Crippen molar-refractivity contribution >= 4 is 16.7 Å². The molecule has 0 fully saturated rings. The van der Waals surface area contributed by atoms with E-state index in [-0.39, 0.29) is 11.3 Å². The minimum absolute atomic E-state index is 0.181. The molecule has 0 saturated heterocycles. The summed E-state index contributed by atoms with van der Waals surface area (Å²) in [4.78, 5) is 13.2. The van der Waals surface area contributed by atoms with Gasteiger partial charge in [0.1, 0.15) is 5.52 Å². The number of nitrogens with zero attached hydrogens (tertiary/aromatic N) is 2. The van der Waals surface area contributed by atoms with Crippen molar-refractivity contribution < 1.29 is 22.5 Å². The van der Waals surface area contributed by atoms with Gasteiger partial charge < -0.3 is 4.57 Å². The SMILES string of the molecule is Cn1cc(Cc2ccccc2)c2cc[n+](C3CCc4ccc(C(F)(F)F)cc4C3=O)cc21. The van der Waals surface area contributed by atoms with Crippen molar-refractivity contribution in [3.63, 3.8) is 0 Å². The third-order valence-electron chi connectivity index (χ3n) is 6.33. The average Bonchev–Trinajstić information content (AvgIpc) is 3.08. The molecule has 162 valence electrons. The number of fused-ring (bicyclic) bond motifs is 2. The van der Waals surface area contributed by atoms with Crippen LogP contribution in [-0.2, 0) is 26.1 Å². The van der Waals surface area contributed by atoms with Crippen LogP contribution >= 0.6 is 0 Å². The first-order valence-corrected chi connectivity index (χ1v) is 10.6. The highest BCUT2D eigenvalue weighted by atomic mass is 19.4. The van der Waals surface area contributed by atoms with Crippen LogP contribution in [0.25, 0.3) is 10.9 Å². The summed E-state index contributed by atoms with van der Waals surface area (Å²) in [7, 11) is 1.97. The maximum Gasteiger partial charge on any atom is 0.416 e. The summed E-state index contributed by atoms with van der Waals surface area (Å²) >= 11 is 0. The van der Waals surface area contributed by atoms with Crippen LogP contribution in [0.4, 0.5) is 13.2 Å². The van der Waals surface area contributed by atoms with Gasteiger partial charge in [0.25, 0.3) is 0 Å². The molecule has 0 aliphatic heterocycles. The zero-order valence-corrected chi connectivity index (χ0v) is 17.6. The van der Waals surface area contributed by atoms with E-state index in [4.69, 9.17) is 0 Å². The van der Waals surface area contributed by atoms with E-state index in [1.54, 1.807) is 0 Å². The van der Waals surface area contributed by atoms with E-state index in [9.17, 15) is 18.0 Å². The van der Waals surface area contributed by atoms with Crippen molar-refractivity contribution in [2.75, 3.05) is 0 Å². The molecule has 1 aliphatic rings. The maximum absolute atomic E-state index is 13.2. The Morgan fingerprint density at radius 1 is 1.09 bits per heavy atom. The molecule has 0 saturated carbocycles. The van der Waals surface area contributed by atoms with Gasteiger partial charge in [-0.3, -0.25) is 4.79 Å². The molecule has 0 radical (unpaired) electrons. The van der Waals surface area contributed by atoms with Gasteiger partial charge in [-0.25, -0.2) is 0 Å². The van der Waals surface area contributed by atoms with Crippen molar-refractivity contribution in [1.82, 2.24) is 4.57 Å². The molecule has 1 unspecified atom stereocenters. The van der Waals surface area contributed by atoms with Gasteiger partial charge in [-0.2, -0.15) is 17.7 Å². The largest absolute Gasteiger partial charge is 0.416 e. The van der Waals surface area contributed by atoms with Crippen molar-refractivity contribution in [1.29, 1.82) is 0 Å². The Labute approximate surface area is 183 Å². The molecule has 2 aromatic carbocycles. The number of aryl methyl sites for hydroxylation is 2. The fourth-order valence-corrected chi connectivity index (χ4v) is 4.66. The zero-order valence-electron chi connectivity index (χ0n) is 17.6. The van der Waals surface area contributed by atoms with Crippen molar-refractivity contribution in [2.45, 2.75) is 31.5 Å². The molecule has 32 heavy (non-hydrogen) atoms. The minimum atomic E-state index is -4.47. The summed E-state index contributed by atoms with van der Waals surface area (Å²) in [6.07, 6.45) is 3.37. The van der Waals surface area contributed by atoms with Crippen LogP contribution in [0, 0.1) is 0 Å². The van der Waals surface area contributed by atoms with E-state index in [1.807, 2.05) is 52.8 Å². The van der Waals surface area contributed by atoms with Gasteiger partial charge in [0, 0.05) is 36.7 Å². The molecule has 4 aromatic rings. The molecule has 0 bridgehead atoms. The van der Waals surface area contributed by atoms with Crippen molar-refractivity contribution in [3.05, 3.63) is 101 Å². The smallest absolute Gasteiger partial charge is 0.345 e. The lowest BCUT2D eigenvalue weighted by atomic mass is 9.85. The standard InChI is InChI=1S/C26H22F3N2O/c1-30-15-19(13-17-5-3-2-4-6-17)21-11-12-31(16-24(21)30)23-10-8-18-7-9-20(26(27,28)29)14-22(18)25(23)32/h2-7,9,11-12,14-16,23H,8,10,13H2,1H3/q+1. The van der Waals surface area contributed by atoms with E-state index in [2.05, 4.69) is 18.3 Å². The number of carbonyl (C=O) groups is 1. The van der Waals surface area contributed by atoms with Crippen LogP contribution in [0.3, 0.4) is 0 Å². The lowest BCUT2D eigenvalue weighted by molar-refractivity contribution is -0.707. The Morgan fingerprint density at radius 2 is 1.88 bits per heavy atom. The fraction of sp³-hybridized carbons (Fsp3) is 0.231. The molecule has 3 nitrogen and oxygen atoms in total. The van der Waals surface area contributed by atoms with Crippen LogP contribution in [0.2, 0.25) is 0 Å². The number of hydrogen-bond acceptors (Lipinski definition) is 1. The Balaban J connectivity index is 1.49. The number of benzene rings is 2. The van der Waals surface area contributed by atoms with E-state index >= 15 is 0 Å². The second-order valence-corrected chi connectivity index (χ2v) is 8.41. The van der Waals surface area contributed by atoms with Crippen molar-refractivity contribution in [3.8, 4) is 0 Å². The number of hydrogen-bond donors (Lipinski definition) is 0. The van der Waals surface area contributed by atoms with Gasteiger partial charge >= 0.3 is 6.18 Å². The topological polar surface area (TPSA) is 25.9 Å². The van der Waals surface area contributed by atoms with E-state index in [1.165, 1.54) is 17.2 Å². The number of halogens is 3. The van der Waals surface area contributed by atoms with Crippen LogP contribution in [0.15, 0.2) is 73.2 Å². The molecule has 0 N–H and O–H groups in total. The first kappa shape index (κ1) is 20.5. The Morgan fingerprint density at radius 3 is 2.62 bits per heavy atom. The minimum Gasteiger partial charge on any atom is -0.345 e. The number of rotatable bonds is 3. The quantitative estimate of drug-likeness (QED) is 0.393. The second-order valence-electron chi connectivity index (χ2n) is 8.41. The van der Waals surface area contributed by atoms with Gasteiger partial charge in [0.15, 0.2) is 12.4 Å². The molecule has 5 rings (SSSR count). The molecular formula is C26H22F3N2O+. The Bertz CT molecular complexity index is 1320. The first-order chi connectivity index (χ1) is 15.3. The van der Waals surface area contributed by atoms with E-state index < -0.39 is 17.8 Å². The van der Waals surface area contributed by atoms with E-state index in [0.717, 1.165) is 29.5 Å². The number of aromatic nitrogens is 2. The van der Waals surface area contributed by atoms with E-state index in [0.29, 0.717) is 18.4 Å². The highest BCUT2D eigenvalue weighted by Gasteiger charge is 2.37. The van der Waals surface area contributed by atoms with Crippen LogP contribution in [0.5, 0.6) is 0 Å². The number of pyridine rings is 1. The number of carbonyl (C=O) groups excluding carboxylic acids is 1. The predicted molar refractivity (Wildman–Crippen MR) is 115 cm³/mol. The highest BCUT2D eigenvalue weighted by molar-refractivity contribution is 6.00. The highest BCUT2D eigenvalue weighted by Crippen LogP contribution is 2.34. The van der Waals surface area contributed by atoms with Crippen molar-refractivity contribution in [2.24, 2.45) is 7.05 Å². The monoisotopic (exact) mass is 435 g/mol. The summed E-state index contributed by atoms with van der Waals surface area (Å²) in [5, 5.41) is 1.11. The molecule has 2 heterocycles. The lowest BCUT2D eigenvalue weighted by Crippen LogP contribution is -2.45. The van der Waals surface area contributed by atoms with Gasteiger partial charge in [-0.05, 0) is 41.7 Å². The number of alkyl halides is 3.